The van der Waals surface area contributed by atoms with E-state index in [0.717, 1.165) is 0 Å². The number of anilines is 1. The number of benzene rings is 1. The second kappa shape index (κ2) is 7.87. The summed E-state index contributed by atoms with van der Waals surface area (Å²) in [5.41, 5.74) is -0.260. The van der Waals surface area contributed by atoms with Crippen molar-refractivity contribution >= 4 is 23.6 Å². The minimum Gasteiger partial charge on any atom is -0.425 e. The van der Waals surface area contributed by atoms with E-state index in [-0.39, 0.29) is 29.2 Å². The van der Waals surface area contributed by atoms with Crippen LogP contribution in [0.5, 0.6) is 0 Å². The lowest BCUT2D eigenvalue weighted by Gasteiger charge is -2.08. The minimum atomic E-state index is -0.745. The fourth-order valence-corrected chi connectivity index (χ4v) is 2.02. The number of Topliss-reactive ketones (excluding diaryl/α,β-unsaturated/α-hetero) is 1. The highest BCUT2D eigenvalue weighted by Crippen LogP contribution is 2.14. The maximum absolute atomic E-state index is 12.1. The van der Waals surface area contributed by atoms with Crippen molar-refractivity contribution in [1.82, 2.24) is 0 Å². The highest BCUT2D eigenvalue weighted by atomic mass is 16.6. The van der Waals surface area contributed by atoms with Crippen molar-refractivity contribution in [2.45, 2.75) is 13.3 Å². The number of carbonyl (C=O) groups is 2. The van der Waals surface area contributed by atoms with Crippen LogP contribution in [0.2, 0.25) is 0 Å². The summed E-state index contributed by atoms with van der Waals surface area (Å²) in [6, 6.07) is 9.71. The summed E-state index contributed by atoms with van der Waals surface area (Å²) in [6.45, 7) is 1.34. The van der Waals surface area contributed by atoms with Gasteiger partial charge in [0.1, 0.15) is 18.6 Å². The van der Waals surface area contributed by atoms with E-state index in [0.29, 0.717) is 5.56 Å². The van der Waals surface area contributed by atoms with Crippen molar-refractivity contribution in [3.8, 4) is 0 Å². The van der Waals surface area contributed by atoms with Crippen LogP contribution in [0.25, 0.3) is 0 Å². The molecule has 0 radical (unpaired) electrons. The first kappa shape index (κ1) is 17.1. The lowest BCUT2D eigenvalue weighted by Crippen LogP contribution is -2.20. The SMILES string of the molecule is CO/N=C/Cc1oc(=O)c(NC(=O)c2ccccc2)cc1C(C)=O. The maximum Gasteiger partial charge on any atom is 0.359 e. The molecule has 1 N–H and O–H groups in total. The Morgan fingerprint density at radius 3 is 2.62 bits per heavy atom. The smallest absolute Gasteiger partial charge is 0.359 e. The third-order valence-corrected chi connectivity index (χ3v) is 3.14. The van der Waals surface area contributed by atoms with E-state index in [1.807, 2.05) is 0 Å². The van der Waals surface area contributed by atoms with Crippen LogP contribution in [0.4, 0.5) is 5.69 Å². The normalized spacial score (nSPS) is 10.6. The fraction of sp³-hybridized carbons (Fsp3) is 0.176. The molecule has 0 saturated heterocycles. The van der Waals surface area contributed by atoms with Gasteiger partial charge in [0.25, 0.3) is 5.91 Å². The van der Waals surface area contributed by atoms with E-state index in [4.69, 9.17) is 4.42 Å². The molecule has 1 amide bonds. The lowest BCUT2D eigenvalue weighted by molar-refractivity contribution is 0.100. The van der Waals surface area contributed by atoms with Gasteiger partial charge in [0.15, 0.2) is 5.78 Å². The number of nitrogens with zero attached hydrogens (tertiary/aromatic N) is 1. The molecule has 124 valence electrons. The second-order valence-electron chi connectivity index (χ2n) is 4.84. The number of hydrogen-bond acceptors (Lipinski definition) is 6. The molecule has 0 atom stereocenters. The molecule has 1 aromatic carbocycles. The zero-order valence-corrected chi connectivity index (χ0v) is 13.2. The van der Waals surface area contributed by atoms with E-state index in [9.17, 15) is 14.4 Å². The Morgan fingerprint density at radius 1 is 1.29 bits per heavy atom. The average molecular weight is 328 g/mol. The molecule has 24 heavy (non-hydrogen) atoms. The van der Waals surface area contributed by atoms with E-state index in [1.54, 1.807) is 30.3 Å². The van der Waals surface area contributed by atoms with Gasteiger partial charge < -0.3 is 14.6 Å². The molecule has 7 nitrogen and oxygen atoms in total. The highest BCUT2D eigenvalue weighted by Gasteiger charge is 2.16. The Bertz CT molecular complexity index is 825. The third kappa shape index (κ3) is 4.16. The summed E-state index contributed by atoms with van der Waals surface area (Å²) < 4.78 is 5.15. The Balaban J connectivity index is 2.33. The van der Waals surface area contributed by atoms with Crippen molar-refractivity contribution in [1.29, 1.82) is 0 Å². The van der Waals surface area contributed by atoms with Crippen LogP contribution in [-0.4, -0.2) is 25.0 Å². The van der Waals surface area contributed by atoms with E-state index in [2.05, 4.69) is 15.3 Å². The number of amides is 1. The van der Waals surface area contributed by atoms with Crippen molar-refractivity contribution in [2.24, 2.45) is 5.16 Å². The molecule has 2 rings (SSSR count). The van der Waals surface area contributed by atoms with Crippen molar-refractivity contribution < 1.29 is 18.8 Å². The zero-order valence-electron chi connectivity index (χ0n) is 13.2. The molecule has 0 aliphatic rings. The average Bonchev–Trinajstić information content (AvgIpc) is 2.57. The maximum atomic E-state index is 12.1. The molecule has 0 bridgehead atoms. The van der Waals surface area contributed by atoms with Gasteiger partial charge in [0.05, 0.1) is 11.8 Å². The van der Waals surface area contributed by atoms with Gasteiger partial charge in [-0.05, 0) is 25.1 Å². The second-order valence-corrected chi connectivity index (χ2v) is 4.84. The monoisotopic (exact) mass is 328 g/mol. The van der Waals surface area contributed by atoms with Crippen LogP contribution < -0.4 is 10.9 Å². The summed E-state index contributed by atoms with van der Waals surface area (Å²) in [6.07, 6.45) is 1.48. The van der Waals surface area contributed by atoms with E-state index >= 15 is 0 Å². The van der Waals surface area contributed by atoms with Gasteiger partial charge in [0, 0.05) is 12.0 Å². The predicted octanol–water partition coefficient (Wildman–Crippen LogP) is 2.27. The van der Waals surface area contributed by atoms with Gasteiger partial charge in [-0.2, -0.15) is 0 Å². The first-order valence-electron chi connectivity index (χ1n) is 7.12. The van der Waals surface area contributed by atoms with Gasteiger partial charge in [-0.25, -0.2) is 4.79 Å². The number of rotatable bonds is 6. The molecule has 0 aliphatic heterocycles. The first-order valence-corrected chi connectivity index (χ1v) is 7.12. The van der Waals surface area contributed by atoms with Gasteiger partial charge in [-0.15, -0.1) is 0 Å². The number of oxime groups is 1. The summed E-state index contributed by atoms with van der Waals surface area (Å²) in [5, 5.41) is 6.00. The van der Waals surface area contributed by atoms with E-state index < -0.39 is 11.5 Å². The number of nitrogens with one attached hydrogen (secondary N) is 1. The van der Waals surface area contributed by atoms with Crippen LogP contribution in [0.1, 0.15) is 33.4 Å². The van der Waals surface area contributed by atoms with Gasteiger partial charge in [-0.3, -0.25) is 9.59 Å². The fourth-order valence-electron chi connectivity index (χ4n) is 2.02. The molecule has 0 saturated carbocycles. The van der Waals surface area contributed by atoms with Crippen LogP contribution in [0.15, 0.2) is 50.8 Å². The van der Waals surface area contributed by atoms with Crippen molar-refractivity contribution in [2.75, 3.05) is 12.4 Å². The van der Waals surface area contributed by atoms with Crippen LogP contribution in [0, 0.1) is 0 Å². The van der Waals surface area contributed by atoms with Crippen LogP contribution in [0.3, 0.4) is 0 Å². The third-order valence-electron chi connectivity index (χ3n) is 3.14. The minimum absolute atomic E-state index is 0.0958. The quantitative estimate of drug-likeness (QED) is 0.498. The summed E-state index contributed by atoms with van der Waals surface area (Å²) in [7, 11) is 1.38. The van der Waals surface area contributed by atoms with Crippen molar-refractivity contribution in [3.63, 3.8) is 0 Å². The Hall–Kier alpha value is -3.22. The zero-order chi connectivity index (χ0) is 17.5. The molecule has 7 heteroatoms. The molecular formula is C17H16N2O5. The lowest BCUT2D eigenvalue weighted by atomic mass is 10.1. The highest BCUT2D eigenvalue weighted by molar-refractivity contribution is 6.05. The van der Waals surface area contributed by atoms with Gasteiger partial charge in [0.2, 0.25) is 0 Å². The molecule has 2 aromatic rings. The standard InChI is InChI=1S/C17H16N2O5/c1-11(20)13-10-14(17(22)24-15(13)8-9-18-23-2)19-16(21)12-6-4-3-5-7-12/h3-7,9-10H,8H2,1-2H3,(H,19,21)/b18-9+. The van der Waals surface area contributed by atoms with Gasteiger partial charge >= 0.3 is 5.63 Å². The number of hydrogen-bond donors (Lipinski definition) is 1. The molecule has 1 heterocycles. The summed E-state index contributed by atoms with van der Waals surface area (Å²) >= 11 is 0. The Labute approximate surface area is 137 Å². The number of ketones is 1. The Kier molecular flexibility index (Phi) is 5.62. The molecule has 0 fully saturated rings. The largest absolute Gasteiger partial charge is 0.425 e. The van der Waals surface area contributed by atoms with Crippen LogP contribution in [-0.2, 0) is 11.3 Å². The van der Waals surface area contributed by atoms with Gasteiger partial charge in [-0.1, -0.05) is 23.4 Å². The first-order chi connectivity index (χ1) is 11.5. The topological polar surface area (TPSA) is 98.0 Å². The molecule has 0 spiro atoms. The van der Waals surface area contributed by atoms with Crippen LogP contribution >= 0.6 is 0 Å². The molecule has 0 unspecified atom stereocenters. The number of carbonyl (C=O) groups excluding carboxylic acids is 2. The van der Waals surface area contributed by atoms with Crippen molar-refractivity contribution in [3.05, 3.63) is 63.7 Å². The molecular weight excluding hydrogens is 312 g/mol. The van der Waals surface area contributed by atoms with E-state index in [1.165, 1.54) is 26.3 Å². The summed E-state index contributed by atoms with van der Waals surface area (Å²) in [4.78, 5) is 40.5. The molecule has 0 aliphatic carbocycles. The Morgan fingerprint density at radius 2 is 2.00 bits per heavy atom. The predicted molar refractivity (Wildman–Crippen MR) is 88.6 cm³/mol. The summed E-state index contributed by atoms with van der Waals surface area (Å²) in [5.74, 6) is -0.605. The molecule has 1 aromatic heterocycles.